The quantitative estimate of drug-likeness (QED) is 0.197. The Morgan fingerprint density at radius 1 is 0.838 bits per heavy atom. The molecule has 7 nitrogen and oxygen atoms in total. The van der Waals surface area contributed by atoms with Gasteiger partial charge in [0.1, 0.15) is 11.5 Å². The van der Waals surface area contributed by atoms with Crippen molar-refractivity contribution in [2.45, 2.75) is 11.8 Å². The van der Waals surface area contributed by atoms with E-state index in [2.05, 4.69) is 16.0 Å². The molecule has 3 amide bonds. The van der Waals surface area contributed by atoms with E-state index < -0.39 is 11.8 Å². The first kappa shape index (κ1) is 25.5. The van der Waals surface area contributed by atoms with Crippen molar-refractivity contribution in [1.82, 2.24) is 5.32 Å². The van der Waals surface area contributed by atoms with Crippen molar-refractivity contribution < 1.29 is 18.8 Å². The molecule has 0 aliphatic carbocycles. The Morgan fingerprint density at radius 3 is 2.32 bits per heavy atom. The number of furan rings is 1. The first-order valence-corrected chi connectivity index (χ1v) is 12.5. The number of benzene rings is 3. The lowest BCUT2D eigenvalue weighted by atomic mass is 10.2. The van der Waals surface area contributed by atoms with E-state index in [0.29, 0.717) is 17.0 Å². The molecule has 0 atom stereocenters. The molecule has 4 aromatic rings. The molecule has 1 aromatic heterocycles. The lowest BCUT2D eigenvalue weighted by Gasteiger charge is -2.11. The van der Waals surface area contributed by atoms with Crippen molar-refractivity contribution in [1.29, 1.82) is 0 Å². The number of rotatable bonds is 9. The molecule has 0 saturated carbocycles. The van der Waals surface area contributed by atoms with Crippen LogP contribution >= 0.6 is 11.8 Å². The Labute approximate surface area is 219 Å². The van der Waals surface area contributed by atoms with Gasteiger partial charge in [-0.15, -0.1) is 11.8 Å². The Morgan fingerprint density at radius 2 is 1.62 bits per heavy atom. The van der Waals surface area contributed by atoms with Gasteiger partial charge in [-0.1, -0.05) is 30.3 Å². The molecule has 3 aromatic carbocycles. The van der Waals surface area contributed by atoms with E-state index in [4.69, 9.17) is 4.42 Å². The van der Waals surface area contributed by atoms with Crippen LogP contribution in [0.1, 0.15) is 21.7 Å². The Kier molecular flexibility index (Phi) is 8.57. The van der Waals surface area contributed by atoms with Crippen LogP contribution in [0.3, 0.4) is 0 Å². The normalized spacial score (nSPS) is 11.0. The summed E-state index contributed by atoms with van der Waals surface area (Å²) in [5.41, 5.74) is 2.84. The van der Waals surface area contributed by atoms with Gasteiger partial charge in [-0.25, -0.2) is 0 Å². The molecule has 0 fully saturated rings. The zero-order chi connectivity index (χ0) is 26.0. The minimum absolute atomic E-state index is 0.0371. The number of carbonyl (C=O) groups is 3. The monoisotopic (exact) mass is 511 g/mol. The van der Waals surface area contributed by atoms with Gasteiger partial charge in [0.25, 0.3) is 11.8 Å². The molecule has 0 unspecified atom stereocenters. The van der Waals surface area contributed by atoms with E-state index in [-0.39, 0.29) is 17.4 Å². The highest BCUT2D eigenvalue weighted by Gasteiger charge is 2.16. The van der Waals surface area contributed by atoms with Crippen LogP contribution in [0, 0.1) is 6.92 Å². The molecular weight excluding hydrogens is 486 g/mol. The number of anilines is 2. The molecule has 37 heavy (non-hydrogen) atoms. The lowest BCUT2D eigenvalue weighted by molar-refractivity contribution is -0.114. The maximum atomic E-state index is 13.0. The summed E-state index contributed by atoms with van der Waals surface area (Å²) in [6.07, 6.45) is 2.95. The Hall–Kier alpha value is -4.56. The maximum Gasteiger partial charge on any atom is 0.272 e. The van der Waals surface area contributed by atoms with Crippen molar-refractivity contribution in [2.75, 3.05) is 16.4 Å². The molecule has 0 aliphatic heterocycles. The Bertz CT molecular complexity index is 1400. The third kappa shape index (κ3) is 7.71. The van der Waals surface area contributed by atoms with E-state index in [1.165, 1.54) is 24.1 Å². The summed E-state index contributed by atoms with van der Waals surface area (Å²) in [5, 5.41) is 8.33. The predicted molar refractivity (Wildman–Crippen MR) is 146 cm³/mol. The van der Waals surface area contributed by atoms with Crippen molar-refractivity contribution in [3.63, 3.8) is 0 Å². The molecule has 0 aliphatic rings. The average molecular weight is 512 g/mol. The standard InChI is InChI=1S/C29H25N3O4S/c1-20-7-5-10-23(17-20)30-27(33)19-37-25-14-12-22(13-15-25)31-29(35)26(18-24-11-6-16-36-24)32-28(34)21-8-3-2-4-9-21/h2-18H,19H2,1H3,(H,30,33)(H,31,35)(H,32,34)/b26-18-. The maximum absolute atomic E-state index is 13.0. The third-order valence-corrected chi connectivity index (χ3v) is 6.15. The van der Waals surface area contributed by atoms with Crippen LogP contribution in [0.25, 0.3) is 6.08 Å². The number of amides is 3. The first-order chi connectivity index (χ1) is 18.0. The van der Waals surface area contributed by atoms with Gasteiger partial charge in [-0.3, -0.25) is 14.4 Å². The molecular formula is C29H25N3O4S. The van der Waals surface area contributed by atoms with Crippen LogP contribution in [0.4, 0.5) is 11.4 Å². The van der Waals surface area contributed by atoms with E-state index in [0.717, 1.165) is 16.1 Å². The van der Waals surface area contributed by atoms with Gasteiger partial charge in [0, 0.05) is 27.9 Å². The molecule has 0 spiro atoms. The van der Waals surface area contributed by atoms with Gasteiger partial charge < -0.3 is 20.4 Å². The van der Waals surface area contributed by atoms with Crippen molar-refractivity contribution in [3.8, 4) is 0 Å². The third-order valence-electron chi connectivity index (χ3n) is 5.14. The van der Waals surface area contributed by atoms with Gasteiger partial charge in [-0.05, 0) is 73.2 Å². The number of aryl methyl sites for hydroxylation is 1. The summed E-state index contributed by atoms with van der Waals surface area (Å²) in [4.78, 5) is 38.8. The number of thioether (sulfide) groups is 1. The second kappa shape index (κ2) is 12.4. The van der Waals surface area contributed by atoms with Crippen molar-refractivity contribution in [3.05, 3.63) is 120 Å². The molecule has 1 heterocycles. The van der Waals surface area contributed by atoms with Crippen LogP contribution in [0.2, 0.25) is 0 Å². The fourth-order valence-electron chi connectivity index (χ4n) is 3.36. The zero-order valence-corrected chi connectivity index (χ0v) is 20.9. The number of hydrogen-bond acceptors (Lipinski definition) is 5. The van der Waals surface area contributed by atoms with E-state index >= 15 is 0 Å². The van der Waals surface area contributed by atoms with E-state index in [1.54, 1.807) is 48.5 Å². The average Bonchev–Trinajstić information content (AvgIpc) is 3.41. The predicted octanol–water partition coefficient (Wildman–Crippen LogP) is 5.73. The van der Waals surface area contributed by atoms with Gasteiger partial charge in [0.05, 0.1) is 12.0 Å². The van der Waals surface area contributed by atoms with Gasteiger partial charge in [-0.2, -0.15) is 0 Å². The molecule has 3 N–H and O–H groups in total. The van der Waals surface area contributed by atoms with Gasteiger partial charge >= 0.3 is 0 Å². The summed E-state index contributed by atoms with van der Waals surface area (Å²) in [5.74, 6) is -0.340. The molecule has 0 radical (unpaired) electrons. The summed E-state index contributed by atoms with van der Waals surface area (Å²) in [6, 6.07) is 26.7. The lowest BCUT2D eigenvalue weighted by Crippen LogP contribution is -2.30. The van der Waals surface area contributed by atoms with Crippen LogP contribution in [-0.2, 0) is 9.59 Å². The van der Waals surface area contributed by atoms with E-state index in [9.17, 15) is 14.4 Å². The number of carbonyl (C=O) groups excluding carboxylic acids is 3. The largest absolute Gasteiger partial charge is 0.465 e. The number of hydrogen-bond donors (Lipinski definition) is 3. The van der Waals surface area contributed by atoms with Gasteiger partial charge in [0.2, 0.25) is 5.91 Å². The fraction of sp³-hybridized carbons (Fsp3) is 0.0690. The van der Waals surface area contributed by atoms with Crippen LogP contribution < -0.4 is 16.0 Å². The Balaban J connectivity index is 1.36. The van der Waals surface area contributed by atoms with Crippen LogP contribution in [0.5, 0.6) is 0 Å². The highest BCUT2D eigenvalue weighted by molar-refractivity contribution is 8.00. The molecule has 0 bridgehead atoms. The molecule has 8 heteroatoms. The topological polar surface area (TPSA) is 100 Å². The highest BCUT2D eigenvalue weighted by Crippen LogP contribution is 2.21. The van der Waals surface area contributed by atoms with Crippen LogP contribution in [-0.4, -0.2) is 23.5 Å². The fourth-order valence-corrected chi connectivity index (χ4v) is 4.06. The first-order valence-electron chi connectivity index (χ1n) is 11.5. The number of nitrogens with one attached hydrogen (secondary N) is 3. The second-order valence-electron chi connectivity index (χ2n) is 8.08. The highest BCUT2D eigenvalue weighted by atomic mass is 32.2. The SMILES string of the molecule is Cc1cccc(NC(=O)CSc2ccc(NC(=O)/C(=C/c3ccco3)NC(=O)c3ccccc3)cc2)c1. The minimum atomic E-state index is -0.501. The molecule has 0 saturated heterocycles. The van der Waals surface area contributed by atoms with Crippen molar-refractivity contribution >= 4 is 46.9 Å². The summed E-state index contributed by atoms with van der Waals surface area (Å²) < 4.78 is 5.31. The smallest absolute Gasteiger partial charge is 0.272 e. The summed E-state index contributed by atoms with van der Waals surface area (Å²) in [7, 11) is 0. The summed E-state index contributed by atoms with van der Waals surface area (Å²) in [6.45, 7) is 1.97. The van der Waals surface area contributed by atoms with Crippen molar-refractivity contribution in [2.24, 2.45) is 0 Å². The minimum Gasteiger partial charge on any atom is -0.465 e. The molecule has 4 rings (SSSR count). The molecule has 186 valence electrons. The second-order valence-corrected chi connectivity index (χ2v) is 9.13. The van der Waals surface area contributed by atoms with E-state index in [1.807, 2.05) is 49.4 Å². The zero-order valence-electron chi connectivity index (χ0n) is 20.1. The van der Waals surface area contributed by atoms with Crippen LogP contribution in [0.15, 0.2) is 112 Å². The summed E-state index contributed by atoms with van der Waals surface area (Å²) >= 11 is 1.39. The van der Waals surface area contributed by atoms with Gasteiger partial charge in [0.15, 0.2) is 0 Å².